The molecule has 76 valence electrons. The van der Waals surface area contributed by atoms with Crippen LogP contribution in [-0.2, 0) is 4.79 Å². The molecule has 1 heterocycles. The maximum atomic E-state index is 10.4. The Morgan fingerprint density at radius 2 is 2.29 bits per heavy atom. The molecule has 0 amide bonds. The van der Waals surface area contributed by atoms with E-state index in [1.165, 1.54) is 6.07 Å². The Balaban J connectivity index is 2.93. The van der Waals surface area contributed by atoms with Gasteiger partial charge in [-0.3, -0.25) is 4.79 Å². The molecular weight excluding hydrogens is 299 g/mol. The minimum atomic E-state index is -1.02. The highest BCUT2D eigenvalue weighted by molar-refractivity contribution is 14.1. The molecule has 1 rings (SSSR count). The molecule has 1 aromatic rings. The van der Waals surface area contributed by atoms with Crippen molar-refractivity contribution in [2.75, 3.05) is 0 Å². The molecule has 4 N–H and O–H groups in total. The van der Waals surface area contributed by atoms with Crippen LogP contribution in [0, 0.1) is 3.70 Å². The van der Waals surface area contributed by atoms with E-state index in [2.05, 4.69) is 4.98 Å². The number of pyridine rings is 1. The van der Waals surface area contributed by atoms with Crippen LogP contribution in [0.4, 0.5) is 0 Å². The molecule has 0 saturated carbocycles. The molecule has 0 unspecified atom stereocenters. The molecule has 0 fully saturated rings. The van der Waals surface area contributed by atoms with Crippen molar-refractivity contribution in [1.29, 1.82) is 0 Å². The second kappa shape index (κ2) is 4.56. The highest BCUT2D eigenvalue weighted by atomic mass is 127. The van der Waals surface area contributed by atoms with Gasteiger partial charge in [-0.2, -0.15) is 0 Å². The van der Waals surface area contributed by atoms with Gasteiger partial charge in [0, 0.05) is 0 Å². The third-order valence-electron chi connectivity index (χ3n) is 1.61. The average molecular weight is 308 g/mol. The number of carbonyl (C=O) groups is 1. The minimum Gasteiger partial charge on any atom is -0.506 e. The third kappa shape index (κ3) is 2.81. The van der Waals surface area contributed by atoms with E-state index in [9.17, 15) is 9.90 Å². The highest BCUT2D eigenvalue weighted by Crippen LogP contribution is 2.23. The van der Waals surface area contributed by atoms with E-state index in [4.69, 9.17) is 10.8 Å². The first-order valence-corrected chi connectivity index (χ1v) is 4.91. The molecule has 5 nitrogen and oxygen atoms in total. The Hall–Kier alpha value is -0.890. The van der Waals surface area contributed by atoms with E-state index >= 15 is 0 Å². The van der Waals surface area contributed by atoms with Gasteiger partial charge in [-0.25, -0.2) is 4.98 Å². The second-order valence-electron chi connectivity index (χ2n) is 2.74. The Labute approximate surface area is 94.1 Å². The number of hydrogen-bond acceptors (Lipinski definition) is 4. The van der Waals surface area contributed by atoms with Crippen molar-refractivity contribution in [2.24, 2.45) is 5.73 Å². The van der Waals surface area contributed by atoms with E-state index in [0.717, 1.165) is 0 Å². The average Bonchev–Trinajstić information content (AvgIpc) is 2.08. The summed E-state index contributed by atoms with van der Waals surface area (Å²) in [5.74, 6) is -1.09. The van der Waals surface area contributed by atoms with E-state index in [0.29, 0.717) is 3.70 Å². The van der Waals surface area contributed by atoms with E-state index < -0.39 is 12.0 Å². The summed E-state index contributed by atoms with van der Waals surface area (Å²) in [6.45, 7) is 0. The van der Waals surface area contributed by atoms with Crippen molar-refractivity contribution in [3.05, 3.63) is 21.5 Å². The zero-order chi connectivity index (χ0) is 10.7. The fourth-order valence-electron chi connectivity index (χ4n) is 1.00. The van der Waals surface area contributed by atoms with Crippen LogP contribution in [0.25, 0.3) is 0 Å². The normalized spacial score (nSPS) is 12.4. The fourth-order valence-corrected chi connectivity index (χ4v) is 1.44. The zero-order valence-corrected chi connectivity index (χ0v) is 9.30. The Bertz CT molecular complexity index is 356. The fraction of sp³-hybridized carbons (Fsp3) is 0.250. The number of carboxylic acid groups (broad SMARTS) is 1. The summed E-state index contributed by atoms with van der Waals surface area (Å²) < 4.78 is 0.663. The smallest absolute Gasteiger partial charge is 0.305 e. The van der Waals surface area contributed by atoms with Crippen molar-refractivity contribution in [1.82, 2.24) is 4.98 Å². The van der Waals surface area contributed by atoms with Crippen LogP contribution in [0.2, 0.25) is 0 Å². The number of halogens is 1. The lowest BCUT2D eigenvalue weighted by molar-refractivity contribution is -0.137. The van der Waals surface area contributed by atoms with Crippen LogP contribution < -0.4 is 5.73 Å². The number of aliphatic carboxylic acids is 1. The first-order chi connectivity index (χ1) is 6.50. The van der Waals surface area contributed by atoms with Gasteiger partial charge in [-0.05, 0) is 34.7 Å². The maximum Gasteiger partial charge on any atom is 0.305 e. The summed E-state index contributed by atoms with van der Waals surface area (Å²) in [7, 11) is 0. The van der Waals surface area contributed by atoms with E-state index in [-0.39, 0.29) is 17.9 Å². The number of aromatic nitrogens is 1. The Morgan fingerprint density at radius 3 is 2.86 bits per heavy atom. The van der Waals surface area contributed by atoms with E-state index in [1.54, 1.807) is 6.07 Å². The van der Waals surface area contributed by atoms with Gasteiger partial charge in [-0.15, -0.1) is 0 Å². The molecular formula is C8H9IN2O3. The predicted molar refractivity (Wildman–Crippen MR) is 57.8 cm³/mol. The first kappa shape index (κ1) is 11.2. The van der Waals surface area contributed by atoms with Crippen molar-refractivity contribution in [3.63, 3.8) is 0 Å². The van der Waals surface area contributed by atoms with Crippen molar-refractivity contribution < 1.29 is 15.0 Å². The van der Waals surface area contributed by atoms with Crippen molar-refractivity contribution in [3.8, 4) is 5.75 Å². The van der Waals surface area contributed by atoms with E-state index in [1.807, 2.05) is 22.6 Å². The first-order valence-electron chi connectivity index (χ1n) is 3.83. The summed E-state index contributed by atoms with van der Waals surface area (Å²) in [4.78, 5) is 14.4. The number of aromatic hydroxyl groups is 1. The molecule has 14 heavy (non-hydrogen) atoms. The monoisotopic (exact) mass is 308 g/mol. The van der Waals surface area contributed by atoms with Crippen LogP contribution in [0.5, 0.6) is 5.75 Å². The molecule has 0 aliphatic carbocycles. The van der Waals surface area contributed by atoms with Crippen LogP contribution in [0.3, 0.4) is 0 Å². The van der Waals surface area contributed by atoms with Gasteiger partial charge in [0.05, 0.1) is 12.5 Å². The lowest BCUT2D eigenvalue weighted by atomic mass is 10.1. The number of carboxylic acids is 1. The van der Waals surface area contributed by atoms with Crippen LogP contribution in [-0.4, -0.2) is 21.2 Å². The molecule has 0 spiro atoms. The Kier molecular flexibility index (Phi) is 3.64. The zero-order valence-electron chi connectivity index (χ0n) is 7.14. The molecule has 0 radical (unpaired) electrons. The quantitative estimate of drug-likeness (QED) is 0.568. The number of rotatable bonds is 3. The summed E-state index contributed by atoms with van der Waals surface area (Å²) in [5, 5.41) is 17.9. The van der Waals surface area contributed by atoms with Gasteiger partial charge in [0.2, 0.25) is 0 Å². The standard InChI is InChI=1S/C8H9IN2O3/c9-6-2-1-5(12)8(11-6)4(10)3-7(13)14/h1-2,4,12H,3,10H2,(H,13,14)/t4-/m1/s1. The van der Waals surface area contributed by atoms with Gasteiger partial charge in [0.15, 0.2) is 0 Å². The molecule has 6 heteroatoms. The van der Waals surface area contributed by atoms with Gasteiger partial charge in [0.25, 0.3) is 0 Å². The van der Waals surface area contributed by atoms with Gasteiger partial charge in [0.1, 0.15) is 15.1 Å². The van der Waals surface area contributed by atoms with Crippen LogP contribution in [0.1, 0.15) is 18.2 Å². The molecule has 1 atom stereocenters. The van der Waals surface area contributed by atoms with Gasteiger partial charge in [-0.1, -0.05) is 0 Å². The largest absolute Gasteiger partial charge is 0.506 e. The summed E-state index contributed by atoms with van der Waals surface area (Å²) in [6, 6.07) is 2.29. The second-order valence-corrected chi connectivity index (χ2v) is 3.85. The van der Waals surface area contributed by atoms with Crippen LogP contribution in [0.15, 0.2) is 12.1 Å². The Morgan fingerprint density at radius 1 is 1.64 bits per heavy atom. The lowest BCUT2D eigenvalue weighted by Gasteiger charge is -2.10. The maximum absolute atomic E-state index is 10.4. The number of nitrogens with zero attached hydrogens (tertiary/aromatic N) is 1. The molecule has 0 bridgehead atoms. The van der Waals surface area contributed by atoms with Gasteiger partial charge >= 0.3 is 5.97 Å². The molecule has 0 aliphatic rings. The van der Waals surface area contributed by atoms with Crippen LogP contribution >= 0.6 is 22.6 Å². The SMILES string of the molecule is N[C@H](CC(=O)O)c1nc(I)ccc1O. The molecule has 1 aromatic heterocycles. The summed E-state index contributed by atoms with van der Waals surface area (Å²) >= 11 is 1.96. The lowest BCUT2D eigenvalue weighted by Crippen LogP contribution is -2.16. The summed E-state index contributed by atoms with van der Waals surface area (Å²) in [5.41, 5.74) is 5.78. The minimum absolute atomic E-state index is 0.0702. The number of nitrogens with two attached hydrogens (primary N) is 1. The van der Waals surface area contributed by atoms with Gasteiger partial charge < -0.3 is 15.9 Å². The van der Waals surface area contributed by atoms with Crippen molar-refractivity contribution >= 4 is 28.6 Å². The topological polar surface area (TPSA) is 96.4 Å². The van der Waals surface area contributed by atoms with Crippen molar-refractivity contribution in [2.45, 2.75) is 12.5 Å². The molecule has 0 aliphatic heterocycles. The third-order valence-corrected chi connectivity index (χ3v) is 2.21. The predicted octanol–water partition coefficient (Wildman–Crippen LogP) is 0.866. The number of hydrogen-bond donors (Lipinski definition) is 3. The highest BCUT2D eigenvalue weighted by Gasteiger charge is 2.16. The molecule has 0 aromatic carbocycles. The molecule has 0 saturated heterocycles. The summed E-state index contributed by atoms with van der Waals surface area (Å²) in [6.07, 6.45) is -0.249.